The number of ether oxygens (including phenoxy) is 8. The standard InChI is InChI=1S/C36H62O10/c1-5-9-13-31(7-3)29-43-23-21-39-17-19-41-25-27-45-35(37)33-15-11-12-16-34(33)36(38)46-28-26-42-20-18-40-22-24-44-30-32(8-4)14-10-6-2/h11-12,15-16,31-32H,5-10,13-14,17-30H2,1-4H3. The molecule has 0 aromatic heterocycles. The maximum atomic E-state index is 12.6. The van der Waals surface area contributed by atoms with Crippen molar-refractivity contribution in [3.05, 3.63) is 35.4 Å². The van der Waals surface area contributed by atoms with Crippen molar-refractivity contribution in [1.82, 2.24) is 0 Å². The van der Waals surface area contributed by atoms with Crippen molar-refractivity contribution < 1.29 is 47.5 Å². The summed E-state index contributed by atoms with van der Waals surface area (Å²) < 4.78 is 44.1. The van der Waals surface area contributed by atoms with Crippen LogP contribution in [0.3, 0.4) is 0 Å². The van der Waals surface area contributed by atoms with Crippen LogP contribution in [0.4, 0.5) is 0 Å². The summed E-state index contributed by atoms with van der Waals surface area (Å²) in [5.74, 6) is 0.0120. The highest BCUT2D eigenvalue weighted by molar-refractivity contribution is 6.03. The van der Waals surface area contributed by atoms with E-state index in [9.17, 15) is 9.59 Å². The Balaban J connectivity index is 2.10. The molecule has 0 spiro atoms. The third-order valence-corrected chi connectivity index (χ3v) is 7.57. The molecule has 10 heteroatoms. The highest BCUT2D eigenvalue weighted by atomic mass is 16.6. The third-order valence-electron chi connectivity index (χ3n) is 7.57. The van der Waals surface area contributed by atoms with Gasteiger partial charge in [-0.3, -0.25) is 0 Å². The molecule has 2 atom stereocenters. The Morgan fingerprint density at radius 3 is 1.15 bits per heavy atom. The molecule has 0 amide bonds. The Bertz CT molecular complexity index is 796. The largest absolute Gasteiger partial charge is 0.460 e. The van der Waals surface area contributed by atoms with Gasteiger partial charge in [0, 0.05) is 13.2 Å². The number of carbonyl (C=O) groups excluding carboxylic acids is 2. The maximum Gasteiger partial charge on any atom is 0.339 e. The van der Waals surface area contributed by atoms with E-state index in [2.05, 4.69) is 27.7 Å². The van der Waals surface area contributed by atoms with E-state index in [4.69, 9.17) is 37.9 Å². The Kier molecular flexibility index (Phi) is 27.6. The zero-order valence-corrected chi connectivity index (χ0v) is 29.1. The van der Waals surface area contributed by atoms with Gasteiger partial charge in [0.05, 0.1) is 77.2 Å². The van der Waals surface area contributed by atoms with Gasteiger partial charge in [0.15, 0.2) is 0 Å². The fraction of sp³-hybridized carbons (Fsp3) is 0.778. The van der Waals surface area contributed by atoms with Crippen molar-refractivity contribution in [2.24, 2.45) is 11.8 Å². The highest BCUT2D eigenvalue weighted by Gasteiger charge is 2.19. The summed E-state index contributed by atoms with van der Waals surface area (Å²) in [5, 5.41) is 0. The van der Waals surface area contributed by atoms with Crippen molar-refractivity contribution in [3.63, 3.8) is 0 Å². The number of hydrogen-bond donors (Lipinski definition) is 0. The van der Waals surface area contributed by atoms with E-state index < -0.39 is 11.9 Å². The molecule has 46 heavy (non-hydrogen) atoms. The van der Waals surface area contributed by atoms with Gasteiger partial charge in [0.2, 0.25) is 0 Å². The molecule has 0 aliphatic rings. The summed E-state index contributed by atoms with van der Waals surface area (Å²) in [7, 11) is 0. The number of carbonyl (C=O) groups is 2. The third kappa shape index (κ3) is 21.7. The summed E-state index contributed by atoms with van der Waals surface area (Å²) in [4.78, 5) is 25.2. The van der Waals surface area contributed by atoms with Crippen molar-refractivity contribution in [1.29, 1.82) is 0 Å². The predicted molar refractivity (Wildman–Crippen MR) is 179 cm³/mol. The van der Waals surface area contributed by atoms with Crippen LogP contribution in [0.15, 0.2) is 24.3 Å². The monoisotopic (exact) mass is 654 g/mol. The molecule has 1 rings (SSSR count). The van der Waals surface area contributed by atoms with Crippen molar-refractivity contribution in [2.45, 2.75) is 79.1 Å². The fourth-order valence-electron chi connectivity index (χ4n) is 4.56. The van der Waals surface area contributed by atoms with Crippen LogP contribution in [0.5, 0.6) is 0 Å². The Labute approximate surface area is 278 Å². The molecular formula is C36H62O10. The molecule has 0 saturated carbocycles. The van der Waals surface area contributed by atoms with Crippen molar-refractivity contribution in [2.75, 3.05) is 92.5 Å². The predicted octanol–water partition coefficient (Wildman–Crippen LogP) is 6.53. The average Bonchev–Trinajstić information content (AvgIpc) is 3.08. The van der Waals surface area contributed by atoms with Gasteiger partial charge in [0.1, 0.15) is 13.2 Å². The molecule has 0 aliphatic heterocycles. The maximum absolute atomic E-state index is 12.6. The number of hydrogen-bond acceptors (Lipinski definition) is 10. The molecule has 0 bridgehead atoms. The minimum atomic E-state index is -0.613. The summed E-state index contributed by atoms with van der Waals surface area (Å²) >= 11 is 0. The zero-order chi connectivity index (χ0) is 33.5. The van der Waals surface area contributed by atoms with Gasteiger partial charge in [0.25, 0.3) is 0 Å². The van der Waals surface area contributed by atoms with E-state index in [0.717, 1.165) is 26.1 Å². The van der Waals surface area contributed by atoms with Crippen LogP contribution in [0.2, 0.25) is 0 Å². The lowest BCUT2D eigenvalue weighted by atomic mass is 10.0. The fourth-order valence-corrected chi connectivity index (χ4v) is 4.56. The van der Waals surface area contributed by atoms with Gasteiger partial charge in [-0.25, -0.2) is 9.59 Å². The van der Waals surface area contributed by atoms with Gasteiger partial charge in [-0.1, -0.05) is 78.4 Å². The van der Waals surface area contributed by atoms with Crippen LogP contribution in [-0.4, -0.2) is 104 Å². The first-order valence-electron chi connectivity index (χ1n) is 17.5. The Hall–Kier alpha value is -2.08. The first-order valence-corrected chi connectivity index (χ1v) is 17.5. The van der Waals surface area contributed by atoms with E-state index >= 15 is 0 Å². The molecule has 0 radical (unpaired) electrons. The van der Waals surface area contributed by atoms with Gasteiger partial charge in [-0.2, -0.15) is 0 Å². The van der Waals surface area contributed by atoms with Crippen LogP contribution in [0.1, 0.15) is 99.8 Å². The van der Waals surface area contributed by atoms with E-state index in [0.29, 0.717) is 64.7 Å². The van der Waals surface area contributed by atoms with Crippen molar-refractivity contribution in [3.8, 4) is 0 Å². The summed E-state index contributed by atoms with van der Waals surface area (Å²) in [6.45, 7) is 14.8. The smallest absolute Gasteiger partial charge is 0.339 e. The molecule has 1 aromatic rings. The number of esters is 2. The topological polar surface area (TPSA) is 108 Å². The molecule has 0 heterocycles. The van der Waals surface area contributed by atoms with E-state index in [-0.39, 0.29) is 37.6 Å². The second kappa shape index (κ2) is 30.3. The summed E-state index contributed by atoms with van der Waals surface area (Å²) in [6, 6.07) is 6.41. The number of benzene rings is 1. The minimum absolute atomic E-state index is 0.0573. The van der Waals surface area contributed by atoms with E-state index in [1.807, 2.05) is 0 Å². The second-order valence-corrected chi connectivity index (χ2v) is 11.2. The highest BCUT2D eigenvalue weighted by Crippen LogP contribution is 2.14. The molecular weight excluding hydrogens is 592 g/mol. The number of unbranched alkanes of at least 4 members (excludes halogenated alkanes) is 2. The molecule has 0 N–H and O–H groups in total. The lowest BCUT2D eigenvalue weighted by Gasteiger charge is -2.14. The average molecular weight is 655 g/mol. The van der Waals surface area contributed by atoms with Gasteiger partial charge in [-0.05, 0) is 36.8 Å². The van der Waals surface area contributed by atoms with Crippen LogP contribution >= 0.6 is 0 Å². The van der Waals surface area contributed by atoms with Gasteiger partial charge < -0.3 is 37.9 Å². The Morgan fingerprint density at radius 2 is 0.826 bits per heavy atom. The quantitative estimate of drug-likeness (QED) is 0.0628. The summed E-state index contributed by atoms with van der Waals surface area (Å²) in [5.41, 5.74) is 0.283. The normalized spacial score (nSPS) is 12.6. The lowest BCUT2D eigenvalue weighted by Crippen LogP contribution is -2.18. The lowest BCUT2D eigenvalue weighted by molar-refractivity contribution is -0.00501. The molecule has 10 nitrogen and oxygen atoms in total. The zero-order valence-electron chi connectivity index (χ0n) is 29.1. The van der Waals surface area contributed by atoms with Crippen LogP contribution in [0, 0.1) is 11.8 Å². The molecule has 2 unspecified atom stereocenters. The Morgan fingerprint density at radius 1 is 0.500 bits per heavy atom. The van der Waals surface area contributed by atoms with Crippen LogP contribution in [-0.2, 0) is 37.9 Å². The first kappa shape index (κ1) is 41.9. The van der Waals surface area contributed by atoms with E-state index in [1.165, 1.54) is 50.7 Å². The van der Waals surface area contributed by atoms with Gasteiger partial charge in [-0.15, -0.1) is 0 Å². The first-order chi connectivity index (χ1) is 22.6. The SMILES string of the molecule is CCCCC(CC)COCCOCCOCCOC(=O)c1ccccc1C(=O)OCCOCCOCCOCC(CC)CCCC. The molecule has 0 aliphatic carbocycles. The van der Waals surface area contributed by atoms with Crippen LogP contribution < -0.4 is 0 Å². The molecule has 266 valence electrons. The molecule has 1 aromatic carbocycles. The van der Waals surface area contributed by atoms with Crippen molar-refractivity contribution >= 4 is 11.9 Å². The van der Waals surface area contributed by atoms with Crippen LogP contribution in [0.25, 0.3) is 0 Å². The van der Waals surface area contributed by atoms with E-state index in [1.54, 1.807) is 12.1 Å². The van der Waals surface area contributed by atoms with Gasteiger partial charge >= 0.3 is 11.9 Å². The molecule has 0 fully saturated rings. The molecule has 0 saturated heterocycles. The minimum Gasteiger partial charge on any atom is -0.460 e. The summed E-state index contributed by atoms with van der Waals surface area (Å²) in [6.07, 6.45) is 9.61. The second-order valence-electron chi connectivity index (χ2n) is 11.2. The number of rotatable bonds is 32.